The number of hydrogen-bond donors (Lipinski definition) is 1. The van der Waals surface area contributed by atoms with Crippen LogP contribution in [0.2, 0.25) is 0 Å². The summed E-state index contributed by atoms with van der Waals surface area (Å²) in [4.78, 5) is 23.2. The van der Waals surface area contributed by atoms with Crippen molar-refractivity contribution in [2.75, 3.05) is 43.7 Å². The lowest BCUT2D eigenvalue weighted by Crippen LogP contribution is -2.44. The van der Waals surface area contributed by atoms with Gasteiger partial charge in [-0.25, -0.2) is 4.98 Å². The number of ether oxygens (including phenoxy) is 2. The van der Waals surface area contributed by atoms with Gasteiger partial charge in [-0.2, -0.15) is 16.7 Å². The first-order chi connectivity index (χ1) is 13.1. The molecule has 0 spiro atoms. The number of amides is 1. The summed E-state index contributed by atoms with van der Waals surface area (Å²) in [5.74, 6) is 4.28. The number of rotatable bonds is 10. The van der Waals surface area contributed by atoms with E-state index >= 15 is 0 Å². The van der Waals surface area contributed by atoms with E-state index in [1.165, 1.54) is 0 Å². The second-order valence-corrected chi connectivity index (χ2v) is 7.96. The zero-order chi connectivity index (χ0) is 19.6. The predicted octanol–water partition coefficient (Wildman–Crippen LogP) is 2.50. The van der Waals surface area contributed by atoms with Gasteiger partial charge in [0, 0.05) is 32.3 Å². The van der Waals surface area contributed by atoms with E-state index in [2.05, 4.69) is 34.0 Å². The summed E-state index contributed by atoms with van der Waals surface area (Å²) < 4.78 is 10.4. The van der Waals surface area contributed by atoms with Crippen molar-refractivity contribution in [2.24, 2.45) is 5.92 Å². The second-order valence-electron chi connectivity index (χ2n) is 6.85. The number of thioether (sulfide) groups is 1. The maximum absolute atomic E-state index is 12.0. The number of hydrogen-bond acceptors (Lipinski definition) is 7. The molecule has 0 aromatic carbocycles. The van der Waals surface area contributed by atoms with Crippen LogP contribution in [-0.2, 0) is 16.1 Å². The van der Waals surface area contributed by atoms with Crippen molar-refractivity contribution in [3.63, 3.8) is 0 Å². The van der Waals surface area contributed by atoms with Crippen LogP contribution in [0.25, 0.3) is 0 Å². The lowest BCUT2D eigenvalue weighted by molar-refractivity contribution is -0.119. The molecule has 7 nitrogen and oxygen atoms in total. The van der Waals surface area contributed by atoms with Gasteiger partial charge in [0.05, 0.1) is 12.9 Å². The molecule has 1 fully saturated rings. The number of aromatic nitrogens is 2. The van der Waals surface area contributed by atoms with Crippen LogP contribution >= 0.6 is 11.8 Å². The van der Waals surface area contributed by atoms with Crippen molar-refractivity contribution in [1.29, 1.82) is 0 Å². The lowest BCUT2D eigenvalue weighted by Gasteiger charge is -2.35. The van der Waals surface area contributed by atoms with Crippen LogP contribution in [0.4, 0.5) is 5.82 Å². The number of anilines is 1. The maximum Gasteiger partial charge on any atom is 0.230 e. The van der Waals surface area contributed by atoms with Gasteiger partial charge in [-0.15, -0.1) is 0 Å². The molecule has 152 valence electrons. The molecule has 1 aliphatic rings. The van der Waals surface area contributed by atoms with Crippen LogP contribution in [0.15, 0.2) is 6.07 Å². The van der Waals surface area contributed by atoms with Crippen LogP contribution in [0, 0.1) is 5.92 Å². The molecular weight excluding hydrogens is 364 g/mol. The third kappa shape index (κ3) is 6.84. The van der Waals surface area contributed by atoms with E-state index in [4.69, 9.17) is 9.47 Å². The molecule has 1 N–H and O–H groups in total. The van der Waals surface area contributed by atoms with Crippen molar-refractivity contribution < 1.29 is 14.3 Å². The van der Waals surface area contributed by atoms with E-state index in [-0.39, 0.29) is 11.9 Å². The number of carbonyl (C=O) groups is 1. The summed E-state index contributed by atoms with van der Waals surface area (Å²) in [6.45, 7) is 6.42. The molecule has 1 aromatic rings. The first kappa shape index (κ1) is 21.8. The van der Waals surface area contributed by atoms with Crippen LogP contribution in [0.1, 0.15) is 38.9 Å². The minimum Gasteiger partial charge on any atom is -0.481 e. The molecule has 0 aliphatic carbocycles. The van der Waals surface area contributed by atoms with E-state index in [0.29, 0.717) is 30.0 Å². The third-order valence-corrected chi connectivity index (χ3v) is 5.92. The molecule has 1 saturated heterocycles. The highest BCUT2D eigenvalue weighted by Crippen LogP contribution is 2.26. The van der Waals surface area contributed by atoms with E-state index in [1.807, 2.05) is 6.07 Å². The topological polar surface area (TPSA) is 76.6 Å². The zero-order valence-electron chi connectivity index (χ0n) is 16.9. The third-order valence-electron chi connectivity index (χ3n) is 4.76. The molecule has 1 aromatic heterocycles. The van der Waals surface area contributed by atoms with Crippen molar-refractivity contribution in [3.8, 4) is 5.88 Å². The largest absolute Gasteiger partial charge is 0.481 e. The predicted molar refractivity (Wildman–Crippen MR) is 109 cm³/mol. The smallest absolute Gasteiger partial charge is 0.230 e. The van der Waals surface area contributed by atoms with Gasteiger partial charge in [0.2, 0.25) is 11.8 Å². The Hall–Kier alpha value is -1.54. The monoisotopic (exact) mass is 396 g/mol. The summed E-state index contributed by atoms with van der Waals surface area (Å²) in [6, 6.07) is 2.07. The molecule has 27 heavy (non-hydrogen) atoms. The fourth-order valence-electron chi connectivity index (χ4n) is 3.27. The average Bonchev–Trinajstić information content (AvgIpc) is 2.68. The summed E-state index contributed by atoms with van der Waals surface area (Å²) in [7, 11) is 3.24. The zero-order valence-corrected chi connectivity index (χ0v) is 17.7. The van der Waals surface area contributed by atoms with Crippen LogP contribution < -0.4 is 15.0 Å². The summed E-state index contributed by atoms with van der Waals surface area (Å²) in [6.07, 6.45) is 3.15. The highest BCUT2D eigenvalue weighted by Gasteiger charge is 2.26. The fraction of sp³-hybridized carbons (Fsp3) is 0.737. The first-order valence-electron chi connectivity index (χ1n) is 9.60. The summed E-state index contributed by atoms with van der Waals surface area (Å²) >= 11 is 1.70. The van der Waals surface area contributed by atoms with Crippen LogP contribution in [0.3, 0.4) is 0 Å². The molecule has 2 heterocycles. The van der Waals surface area contributed by atoms with Gasteiger partial charge in [-0.05, 0) is 37.9 Å². The number of nitrogens with one attached hydrogen (secondary N) is 1. The van der Waals surface area contributed by atoms with E-state index in [0.717, 1.165) is 43.9 Å². The molecule has 1 atom stereocenters. The molecule has 8 heteroatoms. The minimum absolute atomic E-state index is 0.146. The van der Waals surface area contributed by atoms with Crippen LogP contribution in [0.5, 0.6) is 5.88 Å². The Kier molecular flexibility index (Phi) is 9.14. The SMILES string of the molecule is CCCSCC(=O)N[C@H](C)C1CCN(c2cc(OC)nc(COC)n2)CC1. The molecular formula is C19H32N4O3S. The van der Waals surface area contributed by atoms with Crippen molar-refractivity contribution >= 4 is 23.5 Å². The van der Waals surface area contributed by atoms with Gasteiger partial charge >= 0.3 is 0 Å². The van der Waals surface area contributed by atoms with Gasteiger partial charge in [0.15, 0.2) is 5.82 Å². The lowest BCUT2D eigenvalue weighted by atomic mass is 9.90. The number of piperidine rings is 1. The quantitative estimate of drug-likeness (QED) is 0.609. The number of methoxy groups -OCH3 is 2. The normalized spacial score (nSPS) is 16.2. The molecule has 0 bridgehead atoms. The Morgan fingerprint density at radius 3 is 2.74 bits per heavy atom. The Bertz CT molecular complexity index is 594. The highest BCUT2D eigenvalue weighted by molar-refractivity contribution is 7.99. The molecule has 0 radical (unpaired) electrons. The fourth-order valence-corrected chi connectivity index (χ4v) is 3.97. The molecule has 1 amide bonds. The van der Waals surface area contributed by atoms with Crippen molar-refractivity contribution in [2.45, 2.75) is 45.8 Å². The van der Waals surface area contributed by atoms with Gasteiger partial charge in [0.1, 0.15) is 12.4 Å². The van der Waals surface area contributed by atoms with E-state index in [9.17, 15) is 4.79 Å². The summed E-state index contributed by atoms with van der Waals surface area (Å²) in [5, 5.41) is 3.17. The molecule has 0 saturated carbocycles. The van der Waals surface area contributed by atoms with E-state index < -0.39 is 0 Å². The van der Waals surface area contributed by atoms with Gasteiger partial charge in [-0.3, -0.25) is 4.79 Å². The standard InChI is InChI=1S/C19H32N4O3S/c1-5-10-27-13-18(24)20-14(2)15-6-8-23(9-7-15)17-11-19(26-4)22-16(21-17)12-25-3/h11,14-15H,5-10,12-13H2,1-4H3,(H,20,24)/t14-/m1/s1. The van der Waals surface area contributed by atoms with Gasteiger partial charge in [0.25, 0.3) is 0 Å². The first-order valence-corrected chi connectivity index (χ1v) is 10.8. The second kappa shape index (κ2) is 11.3. The van der Waals surface area contributed by atoms with Crippen molar-refractivity contribution in [1.82, 2.24) is 15.3 Å². The Morgan fingerprint density at radius 2 is 2.11 bits per heavy atom. The molecule has 1 aliphatic heterocycles. The average molecular weight is 397 g/mol. The number of nitrogens with zero attached hydrogens (tertiary/aromatic N) is 3. The highest BCUT2D eigenvalue weighted by atomic mass is 32.2. The van der Waals surface area contributed by atoms with Gasteiger partial charge in [-0.1, -0.05) is 6.92 Å². The maximum atomic E-state index is 12.0. The summed E-state index contributed by atoms with van der Waals surface area (Å²) in [5.41, 5.74) is 0. The minimum atomic E-state index is 0.146. The van der Waals surface area contributed by atoms with Crippen molar-refractivity contribution in [3.05, 3.63) is 11.9 Å². The van der Waals surface area contributed by atoms with E-state index in [1.54, 1.807) is 26.0 Å². The Morgan fingerprint density at radius 1 is 1.37 bits per heavy atom. The Labute approximate surface area is 166 Å². The van der Waals surface area contributed by atoms with Gasteiger partial charge < -0.3 is 19.7 Å². The molecule has 2 rings (SSSR count). The van der Waals surface area contributed by atoms with Crippen LogP contribution in [-0.4, -0.2) is 60.7 Å². The molecule has 0 unspecified atom stereocenters. The Balaban J connectivity index is 1.87. The number of carbonyl (C=O) groups excluding carboxylic acids is 1.